The van der Waals surface area contributed by atoms with Crippen LogP contribution >= 0.6 is 0 Å². The van der Waals surface area contributed by atoms with Crippen LogP contribution in [0.15, 0.2) is 107 Å². The smallest absolute Gasteiger partial charge is 0.179 e. The average molecular weight is 527 g/mol. The molecule has 0 amide bonds. The summed E-state index contributed by atoms with van der Waals surface area (Å²) in [7, 11) is 0. The van der Waals surface area contributed by atoms with Crippen molar-refractivity contribution in [2.24, 2.45) is 9.98 Å². The number of nitrogens with zero attached hydrogens (tertiary/aromatic N) is 5. The molecule has 3 heterocycles. The Labute approximate surface area is 232 Å². The summed E-state index contributed by atoms with van der Waals surface area (Å²) in [5.41, 5.74) is 8.71. The molecule has 0 aliphatic carbocycles. The van der Waals surface area contributed by atoms with Gasteiger partial charge in [0.15, 0.2) is 17.5 Å². The maximum atomic E-state index is 14.1. The number of aromatic nitrogens is 2. The summed E-state index contributed by atoms with van der Waals surface area (Å²) in [6.07, 6.45) is 0. The fourth-order valence-electron chi connectivity index (χ4n) is 5.69. The molecule has 0 saturated carbocycles. The molecule has 4 aromatic carbocycles. The number of aliphatic imine (C=N–C) groups is 2. The number of nitrogens with one attached hydrogen (secondary N) is 1. The van der Waals surface area contributed by atoms with Crippen molar-refractivity contribution in [2.75, 3.05) is 10.2 Å². The first-order valence-corrected chi connectivity index (χ1v) is 13.3. The lowest BCUT2D eigenvalue weighted by molar-refractivity contribution is 0.626. The normalized spacial score (nSPS) is 15.5. The molecule has 0 bridgehead atoms. The van der Waals surface area contributed by atoms with Crippen molar-refractivity contribution in [3.63, 3.8) is 0 Å². The summed E-state index contributed by atoms with van der Waals surface area (Å²) in [6.45, 7) is 6.17. The van der Waals surface area contributed by atoms with Crippen LogP contribution in [-0.4, -0.2) is 21.5 Å². The van der Waals surface area contributed by atoms with Crippen molar-refractivity contribution in [1.82, 2.24) is 9.78 Å². The summed E-state index contributed by atoms with van der Waals surface area (Å²) in [5, 5.41) is 8.52. The Balaban J connectivity index is 1.50. The lowest BCUT2D eigenvalue weighted by Crippen LogP contribution is -2.46. The second-order valence-corrected chi connectivity index (χ2v) is 10.3. The molecule has 1 atom stereocenters. The zero-order valence-electron chi connectivity index (χ0n) is 22.4. The van der Waals surface area contributed by atoms with Crippen LogP contribution in [0.5, 0.6) is 0 Å². The van der Waals surface area contributed by atoms with Gasteiger partial charge >= 0.3 is 0 Å². The summed E-state index contributed by atoms with van der Waals surface area (Å²) >= 11 is 0. The van der Waals surface area contributed by atoms with E-state index in [0.717, 1.165) is 56.5 Å². The van der Waals surface area contributed by atoms with Gasteiger partial charge in [0.2, 0.25) is 0 Å². The zero-order valence-corrected chi connectivity index (χ0v) is 22.4. The van der Waals surface area contributed by atoms with E-state index >= 15 is 0 Å². The SMILES string of the molecule is Cc1cc(C)cc(NC2=Nc3ccccc3N3C2=Nc2c(c(C)nn2-c2ccccc2)[C@@H]3c2ccc(F)cc2)c1. The second-order valence-electron chi connectivity index (χ2n) is 10.3. The third-order valence-corrected chi connectivity index (χ3v) is 7.31. The molecule has 5 aromatic rings. The Morgan fingerprint density at radius 2 is 1.48 bits per heavy atom. The highest BCUT2D eigenvalue weighted by Gasteiger charge is 2.41. The molecule has 0 fully saturated rings. The van der Waals surface area contributed by atoms with E-state index in [4.69, 9.17) is 15.1 Å². The maximum Gasteiger partial charge on any atom is 0.179 e. The predicted octanol–water partition coefficient (Wildman–Crippen LogP) is 7.73. The number of rotatable bonds is 3. The van der Waals surface area contributed by atoms with Gasteiger partial charge in [-0.2, -0.15) is 5.10 Å². The Kier molecular flexibility index (Phi) is 5.59. The maximum absolute atomic E-state index is 14.1. The van der Waals surface area contributed by atoms with Gasteiger partial charge in [0.1, 0.15) is 5.82 Å². The zero-order chi connectivity index (χ0) is 27.4. The van der Waals surface area contributed by atoms with Crippen LogP contribution in [-0.2, 0) is 0 Å². The number of hydrogen-bond acceptors (Lipinski definition) is 5. The summed E-state index contributed by atoms with van der Waals surface area (Å²) < 4.78 is 16.0. The Bertz CT molecular complexity index is 1800. The van der Waals surface area contributed by atoms with Gasteiger partial charge in [-0.15, -0.1) is 0 Å². The first-order chi connectivity index (χ1) is 19.5. The number of halogens is 1. The summed E-state index contributed by atoms with van der Waals surface area (Å²) in [4.78, 5) is 12.5. The molecule has 7 heteroatoms. The fraction of sp³-hybridized carbons (Fsp3) is 0.121. The fourth-order valence-corrected chi connectivity index (χ4v) is 5.69. The molecule has 7 rings (SSSR count). The van der Waals surface area contributed by atoms with E-state index in [1.165, 1.54) is 12.1 Å². The number of hydrogen-bond donors (Lipinski definition) is 1. The molecule has 6 nitrogen and oxygen atoms in total. The first-order valence-electron chi connectivity index (χ1n) is 13.3. The quantitative estimate of drug-likeness (QED) is 0.262. The van der Waals surface area contributed by atoms with Crippen molar-refractivity contribution < 1.29 is 4.39 Å². The third-order valence-electron chi connectivity index (χ3n) is 7.31. The highest BCUT2D eigenvalue weighted by molar-refractivity contribution is 6.51. The van der Waals surface area contributed by atoms with Gasteiger partial charge in [-0.05, 0) is 86.0 Å². The van der Waals surface area contributed by atoms with Crippen LogP contribution in [0.25, 0.3) is 5.69 Å². The minimum atomic E-state index is -0.298. The van der Waals surface area contributed by atoms with Gasteiger partial charge in [-0.3, -0.25) is 0 Å². The van der Waals surface area contributed by atoms with E-state index in [0.29, 0.717) is 11.7 Å². The monoisotopic (exact) mass is 526 g/mol. The molecular formula is C33H27FN6. The van der Waals surface area contributed by atoms with Gasteiger partial charge in [-0.25, -0.2) is 19.1 Å². The molecule has 40 heavy (non-hydrogen) atoms. The van der Waals surface area contributed by atoms with Crippen LogP contribution in [0.1, 0.15) is 34.0 Å². The van der Waals surface area contributed by atoms with E-state index in [-0.39, 0.29) is 11.9 Å². The predicted molar refractivity (Wildman–Crippen MR) is 159 cm³/mol. The minimum absolute atomic E-state index is 0.275. The van der Waals surface area contributed by atoms with Crippen LogP contribution in [0.2, 0.25) is 0 Å². The lowest BCUT2D eigenvalue weighted by atomic mass is 9.93. The number of anilines is 2. The molecule has 0 unspecified atom stereocenters. The molecule has 196 valence electrons. The topological polar surface area (TPSA) is 57.8 Å². The molecule has 0 spiro atoms. The van der Waals surface area contributed by atoms with Gasteiger partial charge in [0.05, 0.1) is 28.8 Å². The van der Waals surface area contributed by atoms with Crippen molar-refractivity contribution in [1.29, 1.82) is 0 Å². The molecule has 2 aliphatic rings. The number of benzene rings is 4. The Morgan fingerprint density at radius 1 is 0.775 bits per heavy atom. The van der Waals surface area contributed by atoms with E-state index in [9.17, 15) is 4.39 Å². The molecule has 1 aromatic heterocycles. The molecule has 0 radical (unpaired) electrons. The standard InChI is InChI=1S/C33H27FN6/c1-20-17-21(2)19-25(18-20)35-31-33-37-32-29(22(3)38-40(32)26-9-5-4-6-10-26)30(23-13-15-24(34)16-14-23)39(33)28-12-8-7-11-27(28)36-31/h4-19,30H,1-3H3,(H,35,36)/t30-/m0/s1. The largest absolute Gasteiger partial charge is 0.337 e. The van der Waals surface area contributed by atoms with Crippen LogP contribution in [0.3, 0.4) is 0 Å². The number of amidine groups is 2. The number of aryl methyl sites for hydroxylation is 3. The Morgan fingerprint density at radius 3 is 2.23 bits per heavy atom. The summed E-state index contributed by atoms with van der Waals surface area (Å²) in [6, 6.07) is 30.8. The second kappa shape index (κ2) is 9.31. The van der Waals surface area contributed by atoms with E-state index in [2.05, 4.69) is 48.3 Å². The van der Waals surface area contributed by atoms with Gasteiger partial charge in [0.25, 0.3) is 0 Å². The number of fused-ring (bicyclic) bond motifs is 4. The minimum Gasteiger partial charge on any atom is -0.337 e. The van der Waals surface area contributed by atoms with E-state index < -0.39 is 0 Å². The van der Waals surface area contributed by atoms with Crippen LogP contribution < -0.4 is 10.2 Å². The van der Waals surface area contributed by atoms with Crippen molar-refractivity contribution in [3.8, 4) is 5.69 Å². The Hall–Kier alpha value is -5.04. The van der Waals surface area contributed by atoms with E-state index in [1.807, 2.05) is 72.3 Å². The molecular weight excluding hydrogens is 499 g/mol. The molecule has 2 aliphatic heterocycles. The van der Waals surface area contributed by atoms with Crippen molar-refractivity contribution in [3.05, 3.63) is 131 Å². The average Bonchev–Trinajstić information content (AvgIpc) is 3.28. The van der Waals surface area contributed by atoms with Crippen LogP contribution in [0.4, 0.5) is 27.3 Å². The van der Waals surface area contributed by atoms with Crippen LogP contribution in [0, 0.1) is 26.6 Å². The molecule has 1 N–H and O–H groups in total. The highest BCUT2D eigenvalue weighted by atomic mass is 19.1. The summed E-state index contributed by atoms with van der Waals surface area (Å²) in [5.74, 6) is 1.78. The third kappa shape index (κ3) is 3.98. The van der Waals surface area contributed by atoms with Gasteiger partial charge in [0, 0.05) is 11.3 Å². The van der Waals surface area contributed by atoms with E-state index in [1.54, 1.807) is 0 Å². The first kappa shape index (κ1) is 24.0. The molecule has 0 saturated heterocycles. The number of para-hydroxylation sites is 3. The van der Waals surface area contributed by atoms with Crippen molar-refractivity contribution >= 4 is 34.6 Å². The van der Waals surface area contributed by atoms with Gasteiger partial charge < -0.3 is 10.2 Å². The van der Waals surface area contributed by atoms with Gasteiger partial charge in [-0.1, -0.05) is 48.5 Å². The highest BCUT2D eigenvalue weighted by Crippen LogP contribution is 2.48. The lowest BCUT2D eigenvalue weighted by Gasteiger charge is -2.40. The van der Waals surface area contributed by atoms with Crippen molar-refractivity contribution in [2.45, 2.75) is 26.8 Å².